The van der Waals surface area contributed by atoms with E-state index in [4.69, 9.17) is 9.84 Å². The van der Waals surface area contributed by atoms with Crippen molar-refractivity contribution in [3.05, 3.63) is 29.8 Å². The second kappa shape index (κ2) is 7.25. The van der Waals surface area contributed by atoms with Gasteiger partial charge in [0.15, 0.2) is 0 Å². The van der Waals surface area contributed by atoms with Crippen molar-refractivity contribution in [2.75, 3.05) is 13.2 Å². The lowest BCUT2D eigenvalue weighted by molar-refractivity contribution is 0.191. The van der Waals surface area contributed by atoms with Gasteiger partial charge in [-0.25, -0.2) is 0 Å². The highest BCUT2D eigenvalue weighted by molar-refractivity contribution is 5.27. The number of aliphatic hydroxyl groups excluding tert-OH is 1. The van der Waals surface area contributed by atoms with Crippen LogP contribution in [0.3, 0.4) is 0 Å². The van der Waals surface area contributed by atoms with Gasteiger partial charge < -0.3 is 15.2 Å². The Morgan fingerprint density at radius 1 is 1.31 bits per heavy atom. The quantitative estimate of drug-likeness (QED) is 0.742. The van der Waals surface area contributed by atoms with Crippen LogP contribution in [0.15, 0.2) is 24.3 Å². The minimum Gasteiger partial charge on any atom is -0.494 e. The van der Waals surface area contributed by atoms with Gasteiger partial charge >= 0.3 is 0 Å². The molecule has 3 nitrogen and oxygen atoms in total. The Morgan fingerprint density at radius 3 is 2.56 bits per heavy atom. The van der Waals surface area contributed by atoms with Crippen LogP contribution < -0.4 is 10.1 Å². The Kier molecular flexibility index (Phi) is 5.90. The average molecular weight is 223 g/mol. The van der Waals surface area contributed by atoms with E-state index in [0.29, 0.717) is 6.54 Å². The number of aliphatic hydroxyl groups is 1. The van der Waals surface area contributed by atoms with Crippen molar-refractivity contribution in [1.29, 1.82) is 0 Å². The highest BCUT2D eigenvalue weighted by atomic mass is 16.5. The molecule has 0 saturated carbocycles. The molecule has 0 amide bonds. The molecule has 0 spiro atoms. The largest absolute Gasteiger partial charge is 0.494 e. The third kappa shape index (κ3) is 5.14. The Hall–Kier alpha value is -1.06. The number of nitrogens with one attached hydrogen (secondary N) is 1. The molecule has 90 valence electrons. The van der Waals surface area contributed by atoms with Crippen molar-refractivity contribution < 1.29 is 9.84 Å². The summed E-state index contributed by atoms with van der Waals surface area (Å²) in [6.45, 7) is 6.02. The summed E-state index contributed by atoms with van der Waals surface area (Å²) in [4.78, 5) is 0. The summed E-state index contributed by atoms with van der Waals surface area (Å²) in [5.74, 6) is 0.918. The summed E-state index contributed by atoms with van der Waals surface area (Å²) >= 11 is 0. The topological polar surface area (TPSA) is 41.5 Å². The van der Waals surface area contributed by atoms with Crippen LogP contribution in [0.1, 0.15) is 25.8 Å². The summed E-state index contributed by atoms with van der Waals surface area (Å²) in [7, 11) is 0. The molecule has 1 aromatic rings. The van der Waals surface area contributed by atoms with Crippen molar-refractivity contribution in [3.8, 4) is 5.75 Å². The maximum absolute atomic E-state index is 9.09. The van der Waals surface area contributed by atoms with Crippen LogP contribution in [0.4, 0.5) is 0 Å². The zero-order valence-electron chi connectivity index (χ0n) is 10.1. The SMILES string of the molecule is CCCOc1ccc(CNC[C@@H](C)O)cc1. The maximum Gasteiger partial charge on any atom is 0.119 e. The molecule has 0 radical (unpaired) electrons. The summed E-state index contributed by atoms with van der Waals surface area (Å²) in [5, 5.41) is 12.3. The van der Waals surface area contributed by atoms with Gasteiger partial charge in [-0.3, -0.25) is 0 Å². The zero-order valence-corrected chi connectivity index (χ0v) is 10.1. The van der Waals surface area contributed by atoms with Gasteiger partial charge in [-0.2, -0.15) is 0 Å². The van der Waals surface area contributed by atoms with Crippen molar-refractivity contribution in [2.45, 2.75) is 32.9 Å². The number of hydrogen-bond acceptors (Lipinski definition) is 3. The van der Waals surface area contributed by atoms with Crippen LogP contribution in [0.2, 0.25) is 0 Å². The van der Waals surface area contributed by atoms with E-state index in [0.717, 1.165) is 25.3 Å². The molecule has 0 aliphatic heterocycles. The van der Waals surface area contributed by atoms with Crippen molar-refractivity contribution in [1.82, 2.24) is 5.32 Å². The van der Waals surface area contributed by atoms with E-state index in [1.807, 2.05) is 24.3 Å². The number of hydrogen-bond donors (Lipinski definition) is 2. The van der Waals surface area contributed by atoms with Gasteiger partial charge in [0.2, 0.25) is 0 Å². The molecule has 0 unspecified atom stereocenters. The van der Waals surface area contributed by atoms with E-state index in [1.165, 1.54) is 5.56 Å². The lowest BCUT2D eigenvalue weighted by Crippen LogP contribution is -2.23. The van der Waals surface area contributed by atoms with E-state index in [2.05, 4.69) is 12.2 Å². The average Bonchev–Trinajstić information content (AvgIpc) is 2.27. The second-order valence-corrected chi connectivity index (χ2v) is 3.97. The monoisotopic (exact) mass is 223 g/mol. The molecule has 0 saturated heterocycles. The van der Waals surface area contributed by atoms with Crippen LogP contribution in [0, 0.1) is 0 Å². The molecule has 0 fully saturated rings. The summed E-state index contributed by atoms with van der Waals surface area (Å²) in [5.41, 5.74) is 1.20. The molecule has 0 bridgehead atoms. The van der Waals surface area contributed by atoms with Gasteiger partial charge in [0.25, 0.3) is 0 Å². The molecule has 1 aromatic carbocycles. The first kappa shape index (κ1) is 13.0. The predicted octanol–water partition coefficient (Wildman–Crippen LogP) is 1.95. The highest BCUT2D eigenvalue weighted by Crippen LogP contribution is 2.12. The molecule has 0 aliphatic rings. The van der Waals surface area contributed by atoms with Gasteiger partial charge in [-0.15, -0.1) is 0 Å². The van der Waals surface area contributed by atoms with E-state index >= 15 is 0 Å². The lowest BCUT2D eigenvalue weighted by Gasteiger charge is -2.08. The summed E-state index contributed by atoms with van der Waals surface area (Å²) < 4.78 is 5.49. The first-order chi connectivity index (χ1) is 7.72. The normalized spacial score (nSPS) is 12.4. The maximum atomic E-state index is 9.09. The molecule has 0 aliphatic carbocycles. The molecule has 3 heteroatoms. The number of rotatable bonds is 7. The zero-order chi connectivity index (χ0) is 11.8. The Bertz CT molecular complexity index is 282. The fourth-order valence-electron chi connectivity index (χ4n) is 1.35. The van der Waals surface area contributed by atoms with Gasteiger partial charge in [0.05, 0.1) is 12.7 Å². The molecule has 0 heterocycles. The Balaban J connectivity index is 2.33. The smallest absolute Gasteiger partial charge is 0.119 e. The van der Waals surface area contributed by atoms with Crippen LogP contribution in [-0.2, 0) is 6.54 Å². The van der Waals surface area contributed by atoms with Gasteiger partial charge in [0, 0.05) is 13.1 Å². The molecule has 16 heavy (non-hydrogen) atoms. The van der Waals surface area contributed by atoms with E-state index < -0.39 is 0 Å². The lowest BCUT2D eigenvalue weighted by atomic mass is 10.2. The van der Waals surface area contributed by atoms with Crippen LogP contribution >= 0.6 is 0 Å². The van der Waals surface area contributed by atoms with E-state index in [-0.39, 0.29) is 6.10 Å². The minimum atomic E-state index is -0.299. The number of ether oxygens (including phenoxy) is 1. The standard InChI is InChI=1S/C13H21NO2/c1-3-8-16-13-6-4-12(5-7-13)10-14-9-11(2)15/h4-7,11,14-15H,3,8-10H2,1-2H3/t11-/m1/s1. The van der Waals surface area contributed by atoms with Crippen LogP contribution in [0.25, 0.3) is 0 Å². The van der Waals surface area contributed by atoms with Crippen molar-refractivity contribution >= 4 is 0 Å². The summed E-state index contributed by atoms with van der Waals surface area (Å²) in [6, 6.07) is 8.05. The minimum absolute atomic E-state index is 0.299. The first-order valence-corrected chi connectivity index (χ1v) is 5.83. The summed E-state index contributed by atoms with van der Waals surface area (Å²) in [6.07, 6.45) is 0.727. The Labute approximate surface area is 97.4 Å². The molecule has 1 atom stereocenters. The highest BCUT2D eigenvalue weighted by Gasteiger charge is 1.97. The third-order valence-corrected chi connectivity index (χ3v) is 2.17. The third-order valence-electron chi connectivity index (χ3n) is 2.17. The van der Waals surface area contributed by atoms with Gasteiger partial charge in [-0.05, 0) is 31.0 Å². The predicted molar refractivity (Wildman–Crippen MR) is 65.6 cm³/mol. The molecule has 0 aromatic heterocycles. The van der Waals surface area contributed by atoms with Gasteiger partial charge in [-0.1, -0.05) is 19.1 Å². The first-order valence-electron chi connectivity index (χ1n) is 5.83. The van der Waals surface area contributed by atoms with Crippen LogP contribution in [-0.4, -0.2) is 24.4 Å². The fraction of sp³-hybridized carbons (Fsp3) is 0.538. The van der Waals surface area contributed by atoms with Crippen molar-refractivity contribution in [3.63, 3.8) is 0 Å². The van der Waals surface area contributed by atoms with Crippen LogP contribution in [0.5, 0.6) is 5.75 Å². The van der Waals surface area contributed by atoms with Gasteiger partial charge in [0.1, 0.15) is 5.75 Å². The number of benzene rings is 1. The van der Waals surface area contributed by atoms with E-state index in [1.54, 1.807) is 6.92 Å². The van der Waals surface area contributed by atoms with E-state index in [9.17, 15) is 0 Å². The molecule has 2 N–H and O–H groups in total. The molecule has 1 rings (SSSR count). The second-order valence-electron chi connectivity index (χ2n) is 3.97. The molecular weight excluding hydrogens is 202 g/mol. The fourth-order valence-corrected chi connectivity index (χ4v) is 1.35. The van der Waals surface area contributed by atoms with Crippen molar-refractivity contribution in [2.24, 2.45) is 0 Å². The molecular formula is C13H21NO2. The Morgan fingerprint density at radius 2 is 2.00 bits per heavy atom.